The molecular formula is C65H40N2O4. The molecule has 0 spiro atoms. The quantitative estimate of drug-likeness (QED) is 0.117. The molecule has 1 atom stereocenters. The van der Waals surface area contributed by atoms with E-state index in [0.717, 1.165) is 162 Å². The fourth-order valence-electron chi connectivity index (χ4n) is 12.1. The monoisotopic (exact) mass is 912 g/mol. The van der Waals surface area contributed by atoms with Gasteiger partial charge in [0.25, 0.3) is 0 Å². The molecule has 6 nitrogen and oxygen atoms in total. The summed E-state index contributed by atoms with van der Waals surface area (Å²) in [4.78, 5) is 4.70. The third-order valence-electron chi connectivity index (χ3n) is 15.1. The molecule has 5 aliphatic rings. The van der Waals surface area contributed by atoms with Crippen LogP contribution < -0.4 is 9.80 Å². The maximum atomic E-state index is 6.95. The van der Waals surface area contributed by atoms with Crippen LogP contribution >= 0.6 is 0 Å². The van der Waals surface area contributed by atoms with Gasteiger partial charge in [0.1, 0.15) is 44.7 Å². The van der Waals surface area contributed by atoms with Gasteiger partial charge in [-0.15, -0.1) is 0 Å². The molecule has 4 heterocycles. The van der Waals surface area contributed by atoms with Crippen LogP contribution in [0.3, 0.4) is 0 Å². The lowest BCUT2D eigenvalue weighted by atomic mass is 9.85. The van der Waals surface area contributed by atoms with Crippen LogP contribution in [0, 0.1) is 5.92 Å². The second-order valence-corrected chi connectivity index (χ2v) is 19.1. The van der Waals surface area contributed by atoms with E-state index in [1.54, 1.807) is 0 Å². The Balaban J connectivity index is 0.900. The highest BCUT2D eigenvalue weighted by Crippen LogP contribution is 2.55. The van der Waals surface area contributed by atoms with E-state index in [-0.39, 0.29) is 0 Å². The zero-order valence-electron chi connectivity index (χ0n) is 38.4. The van der Waals surface area contributed by atoms with Crippen molar-refractivity contribution >= 4 is 116 Å². The van der Waals surface area contributed by atoms with Crippen LogP contribution in [0.25, 0.3) is 121 Å². The van der Waals surface area contributed by atoms with E-state index >= 15 is 0 Å². The Morgan fingerprint density at radius 3 is 1.13 bits per heavy atom. The fourth-order valence-corrected chi connectivity index (χ4v) is 12.1. The lowest BCUT2D eigenvalue weighted by molar-refractivity contribution is 0.646. The van der Waals surface area contributed by atoms with Gasteiger partial charge in [-0.1, -0.05) is 85.8 Å². The Kier molecular flexibility index (Phi) is 7.84. The molecule has 16 rings (SSSR count). The van der Waals surface area contributed by atoms with Gasteiger partial charge in [0, 0.05) is 77.3 Å². The maximum absolute atomic E-state index is 6.95. The molecular weight excluding hydrogens is 873 g/mol. The van der Waals surface area contributed by atoms with Crippen molar-refractivity contribution < 1.29 is 17.7 Å². The standard InChI is InChI=1S/C65H40N2O4/c1-37-12-11-19-41(36-37)67(40-17-9-4-10-18-40)49-27-35-53-61-47(49)25-33-57-65(61)63-55(71-53)31-23-45-43(21-29-51(69-57)59(45)63)42-20-28-50-58-44(42)22-30-54-62(58)64-56(68-50)32-24-46-48(26-34-52(70-54)60(46)64)66(38-13-5-2-6-14-38)39-15-7-3-8-16-39/h2-11,13-37H,12H2,1H3. The van der Waals surface area contributed by atoms with Crippen molar-refractivity contribution in [1.82, 2.24) is 0 Å². The van der Waals surface area contributed by atoms with Gasteiger partial charge in [-0.25, -0.2) is 0 Å². The number of hydrogen-bond acceptors (Lipinski definition) is 6. The lowest BCUT2D eigenvalue weighted by Crippen LogP contribution is -2.18. The Morgan fingerprint density at radius 2 is 0.704 bits per heavy atom. The number of hydrogen-bond donors (Lipinski definition) is 0. The summed E-state index contributed by atoms with van der Waals surface area (Å²) in [5.41, 5.74) is 19.5. The molecule has 0 aromatic heterocycles. The molecule has 1 aliphatic carbocycles. The molecule has 334 valence electrons. The Hall–Kier alpha value is -9.26. The van der Waals surface area contributed by atoms with Gasteiger partial charge in [-0.3, -0.25) is 0 Å². The normalized spacial score (nSPS) is 14.4. The van der Waals surface area contributed by atoms with Crippen molar-refractivity contribution in [2.45, 2.75) is 13.3 Å². The average molecular weight is 913 g/mol. The second kappa shape index (κ2) is 14.4. The number of rotatable bonds is 7. The molecule has 11 aromatic rings. The lowest BCUT2D eigenvalue weighted by Gasteiger charge is -2.30. The molecule has 71 heavy (non-hydrogen) atoms. The van der Waals surface area contributed by atoms with Gasteiger partial charge in [-0.05, 0) is 162 Å². The minimum absolute atomic E-state index is 0.428. The van der Waals surface area contributed by atoms with Gasteiger partial charge >= 0.3 is 0 Å². The van der Waals surface area contributed by atoms with Crippen molar-refractivity contribution in [1.29, 1.82) is 0 Å². The second-order valence-electron chi connectivity index (χ2n) is 19.1. The molecule has 0 saturated carbocycles. The Labute approximate surface area is 406 Å². The number of nitrogens with zero attached hydrogens (tertiary/aromatic N) is 2. The molecule has 0 bridgehead atoms. The largest absolute Gasteiger partial charge is 0.456 e. The molecule has 0 N–H and O–H groups in total. The van der Waals surface area contributed by atoms with Crippen LogP contribution in [0.2, 0.25) is 0 Å². The highest BCUT2D eigenvalue weighted by atomic mass is 16.3. The SMILES string of the molecule is CC1C=C(N(c2ccccc2)c2ccc3oc4ccc5c(-c6ccc7oc8ccc9c(N(c%10ccccc%10)c%10ccccc%10)ccc%10oc%11ccc6c7c%11-c8c%109)ccc6oc7ccc2c3c7-c4c65)C=CC1. The third-order valence-corrected chi connectivity index (χ3v) is 15.1. The van der Waals surface area contributed by atoms with Crippen molar-refractivity contribution in [2.24, 2.45) is 5.92 Å². The first-order valence-electron chi connectivity index (χ1n) is 24.4. The van der Waals surface area contributed by atoms with Crippen molar-refractivity contribution in [3.05, 3.63) is 212 Å². The van der Waals surface area contributed by atoms with E-state index in [2.05, 4.69) is 223 Å². The van der Waals surface area contributed by atoms with Gasteiger partial charge in [-0.2, -0.15) is 0 Å². The average Bonchev–Trinajstić information content (AvgIpc) is 3.42. The Morgan fingerprint density at radius 1 is 0.352 bits per heavy atom. The summed E-state index contributed by atoms with van der Waals surface area (Å²) in [6.45, 7) is 2.28. The first-order valence-corrected chi connectivity index (χ1v) is 24.4. The summed E-state index contributed by atoms with van der Waals surface area (Å²) < 4.78 is 27.7. The third kappa shape index (κ3) is 5.41. The number of allylic oxidation sites excluding steroid dienone is 3. The van der Waals surface area contributed by atoms with Crippen molar-refractivity contribution in [3.63, 3.8) is 0 Å². The minimum Gasteiger partial charge on any atom is -0.456 e. The summed E-state index contributed by atoms with van der Waals surface area (Å²) >= 11 is 0. The fraction of sp³-hybridized carbons (Fsp3) is 0.0462. The number of benzene rings is 11. The zero-order valence-corrected chi connectivity index (χ0v) is 38.4. The molecule has 6 heteroatoms. The predicted octanol–water partition coefficient (Wildman–Crippen LogP) is 19.1. The first-order chi connectivity index (χ1) is 35.1. The van der Waals surface area contributed by atoms with Gasteiger partial charge in [0.05, 0.1) is 11.4 Å². The molecule has 0 saturated heterocycles. The van der Waals surface area contributed by atoms with Crippen molar-refractivity contribution in [2.75, 3.05) is 9.80 Å². The molecule has 0 amide bonds. The summed E-state index contributed by atoms with van der Waals surface area (Å²) in [6, 6.07) is 66.3. The summed E-state index contributed by atoms with van der Waals surface area (Å²) in [7, 11) is 0. The van der Waals surface area contributed by atoms with Gasteiger partial charge in [0.2, 0.25) is 0 Å². The highest BCUT2D eigenvalue weighted by Gasteiger charge is 2.31. The zero-order chi connectivity index (χ0) is 46.5. The molecule has 1 unspecified atom stereocenters. The van der Waals surface area contributed by atoms with Crippen LogP contribution in [0.15, 0.2) is 230 Å². The van der Waals surface area contributed by atoms with Crippen LogP contribution in [-0.2, 0) is 0 Å². The van der Waals surface area contributed by atoms with Crippen LogP contribution in [0.5, 0.6) is 0 Å². The molecule has 0 radical (unpaired) electrons. The van der Waals surface area contributed by atoms with Crippen LogP contribution in [-0.4, -0.2) is 0 Å². The smallest absolute Gasteiger partial charge is 0.136 e. The van der Waals surface area contributed by atoms with Gasteiger partial charge < -0.3 is 27.5 Å². The summed E-state index contributed by atoms with van der Waals surface area (Å²) in [5, 5.41) is 8.52. The van der Waals surface area contributed by atoms with Crippen molar-refractivity contribution in [3.8, 4) is 33.4 Å². The van der Waals surface area contributed by atoms with E-state index in [1.807, 2.05) is 0 Å². The molecule has 11 aromatic carbocycles. The predicted molar refractivity (Wildman–Crippen MR) is 291 cm³/mol. The van der Waals surface area contributed by atoms with E-state index in [9.17, 15) is 0 Å². The Bertz CT molecular complexity index is 4530. The minimum atomic E-state index is 0.428. The number of anilines is 5. The topological polar surface area (TPSA) is 59.0 Å². The maximum Gasteiger partial charge on any atom is 0.136 e. The van der Waals surface area contributed by atoms with Crippen LogP contribution in [0.1, 0.15) is 13.3 Å². The van der Waals surface area contributed by atoms with E-state index in [1.165, 1.54) is 0 Å². The van der Waals surface area contributed by atoms with Crippen LogP contribution in [0.4, 0.5) is 28.4 Å². The summed E-state index contributed by atoms with van der Waals surface area (Å²) in [5.74, 6) is 0.428. The summed E-state index contributed by atoms with van der Waals surface area (Å²) in [6.07, 6.45) is 7.94. The highest BCUT2D eigenvalue weighted by molar-refractivity contribution is 6.30. The van der Waals surface area contributed by atoms with E-state index < -0.39 is 0 Å². The van der Waals surface area contributed by atoms with E-state index in [0.29, 0.717) is 5.92 Å². The number of para-hydroxylation sites is 3. The first kappa shape index (κ1) is 38.7. The molecule has 4 aliphatic heterocycles. The van der Waals surface area contributed by atoms with E-state index in [4.69, 9.17) is 17.7 Å². The molecule has 0 fully saturated rings. The van der Waals surface area contributed by atoms with Gasteiger partial charge in [0.15, 0.2) is 0 Å².